The molecule has 1 fully saturated rings. The van der Waals surface area contributed by atoms with Crippen LogP contribution < -0.4 is 5.32 Å². The number of aryl methyl sites for hydroxylation is 2. The van der Waals surface area contributed by atoms with Crippen molar-refractivity contribution in [2.75, 3.05) is 0 Å². The summed E-state index contributed by atoms with van der Waals surface area (Å²) in [6.07, 6.45) is -0.0246. The number of hydrogen-bond donors (Lipinski definition) is 1. The van der Waals surface area contributed by atoms with Crippen LogP contribution in [0.25, 0.3) is 0 Å². The number of hydrogen-bond acceptors (Lipinski definition) is 1. The van der Waals surface area contributed by atoms with Gasteiger partial charge in [-0.25, -0.2) is 8.78 Å². The number of amides is 1. The summed E-state index contributed by atoms with van der Waals surface area (Å²) < 4.78 is 27.0. The Morgan fingerprint density at radius 3 is 2.56 bits per heavy atom. The van der Waals surface area contributed by atoms with Gasteiger partial charge in [0.05, 0.1) is 0 Å². The smallest absolute Gasteiger partial charge is 0.268 e. The van der Waals surface area contributed by atoms with E-state index in [2.05, 4.69) is 5.32 Å². The molecule has 1 saturated carbocycles. The fourth-order valence-electron chi connectivity index (χ4n) is 1.81. The highest BCUT2D eigenvalue weighted by Crippen LogP contribution is 2.41. The first kappa shape index (κ1) is 11.1. The molecular weight excluding hydrogens is 214 g/mol. The van der Waals surface area contributed by atoms with Gasteiger partial charge < -0.3 is 9.88 Å². The van der Waals surface area contributed by atoms with E-state index in [0.29, 0.717) is 18.5 Å². The van der Waals surface area contributed by atoms with Crippen molar-refractivity contribution in [1.29, 1.82) is 0 Å². The van der Waals surface area contributed by atoms with E-state index in [-0.39, 0.29) is 0 Å². The summed E-state index contributed by atoms with van der Waals surface area (Å²) in [5.41, 5.74) is -0.0228. The van der Waals surface area contributed by atoms with Gasteiger partial charge >= 0.3 is 0 Å². The molecule has 0 spiro atoms. The second-order valence-corrected chi connectivity index (χ2v) is 4.37. The van der Waals surface area contributed by atoms with Gasteiger partial charge in [-0.05, 0) is 31.4 Å². The van der Waals surface area contributed by atoms with Crippen molar-refractivity contribution >= 4 is 5.91 Å². The molecule has 5 heteroatoms. The Morgan fingerprint density at radius 2 is 2.19 bits per heavy atom. The molecule has 16 heavy (non-hydrogen) atoms. The maximum Gasteiger partial charge on any atom is 0.268 e. The van der Waals surface area contributed by atoms with Gasteiger partial charge in [0.25, 0.3) is 12.3 Å². The Labute approximate surface area is 92.4 Å². The Hall–Kier alpha value is -1.39. The summed E-state index contributed by atoms with van der Waals surface area (Å²) in [5.74, 6) is -0.414. The van der Waals surface area contributed by atoms with Crippen LogP contribution in [0.1, 0.15) is 28.9 Å². The minimum Gasteiger partial charge on any atom is -0.346 e. The van der Waals surface area contributed by atoms with Gasteiger partial charge in [0.1, 0.15) is 11.2 Å². The number of carbonyl (C=O) groups is 1. The molecule has 1 aliphatic rings. The molecular formula is C11H14F2N2O. The molecule has 0 radical (unpaired) electrons. The highest BCUT2D eigenvalue weighted by Gasteiger charge is 2.52. The quantitative estimate of drug-likeness (QED) is 0.841. The SMILES string of the molecule is Cc1ccn(C)c1C(=O)NC1(C(F)F)CC1. The van der Waals surface area contributed by atoms with Crippen molar-refractivity contribution in [3.05, 3.63) is 23.5 Å². The number of halogens is 2. The van der Waals surface area contributed by atoms with Crippen molar-refractivity contribution in [2.45, 2.75) is 31.7 Å². The van der Waals surface area contributed by atoms with Gasteiger partial charge in [0, 0.05) is 13.2 Å². The lowest BCUT2D eigenvalue weighted by atomic mass is 10.2. The molecule has 88 valence electrons. The van der Waals surface area contributed by atoms with Gasteiger partial charge in [-0.15, -0.1) is 0 Å². The number of carbonyl (C=O) groups excluding carboxylic acids is 1. The normalized spacial score (nSPS) is 17.6. The maximum atomic E-state index is 12.7. The Kier molecular flexibility index (Phi) is 2.48. The zero-order chi connectivity index (χ0) is 11.9. The molecule has 1 aromatic rings. The molecule has 0 aliphatic heterocycles. The summed E-state index contributed by atoms with van der Waals surface area (Å²) in [6.45, 7) is 1.79. The molecule has 1 amide bonds. The molecule has 0 aromatic carbocycles. The summed E-state index contributed by atoms with van der Waals surface area (Å²) in [4.78, 5) is 11.8. The lowest BCUT2D eigenvalue weighted by molar-refractivity contribution is 0.0674. The van der Waals surface area contributed by atoms with Crippen LogP contribution in [0, 0.1) is 6.92 Å². The van der Waals surface area contributed by atoms with Gasteiger partial charge in [-0.1, -0.05) is 0 Å². The van der Waals surface area contributed by atoms with Gasteiger partial charge in [-0.3, -0.25) is 4.79 Å². The molecule has 2 rings (SSSR count). The fourth-order valence-corrected chi connectivity index (χ4v) is 1.81. The van der Waals surface area contributed by atoms with Crippen molar-refractivity contribution in [1.82, 2.24) is 9.88 Å². The third-order valence-electron chi connectivity index (χ3n) is 3.06. The fraction of sp³-hybridized carbons (Fsp3) is 0.545. The monoisotopic (exact) mass is 228 g/mol. The third-order valence-corrected chi connectivity index (χ3v) is 3.06. The summed E-state index contributed by atoms with van der Waals surface area (Å²) in [7, 11) is 1.73. The molecule has 1 heterocycles. The zero-order valence-electron chi connectivity index (χ0n) is 9.26. The number of nitrogens with zero attached hydrogens (tertiary/aromatic N) is 1. The van der Waals surface area contributed by atoms with Gasteiger partial charge in [0.2, 0.25) is 0 Å². The molecule has 1 N–H and O–H groups in total. The molecule has 0 unspecified atom stereocenters. The lowest BCUT2D eigenvalue weighted by Gasteiger charge is -2.16. The van der Waals surface area contributed by atoms with Crippen LogP contribution in [-0.4, -0.2) is 22.4 Å². The third kappa shape index (κ3) is 1.70. The van der Waals surface area contributed by atoms with Crippen molar-refractivity contribution in [3.8, 4) is 0 Å². The Morgan fingerprint density at radius 1 is 1.56 bits per heavy atom. The molecule has 3 nitrogen and oxygen atoms in total. The predicted octanol–water partition coefficient (Wildman–Crippen LogP) is 1.86. The van der Waals surface area contributed by atoms with E-state index in [9.17, 15) is 13.6 Å². The topological polar surface area (TPSA) is 34.0 Å². The van der Waals surface area contributed by atoms with Crippen LogP contribution in [0.15, 0.2) is 12.3 Å². The van der Waals surface area contributed by atoms with Crippen LogP contribution >= 0.6 is 0 Å². The number of rotatable bonds is 3. The van der Waals surface area contributed by atoms with Crippen LogP contribution in [0.5, 0.6) is 0 Å². The van der Waals surface area contributed by atoms with E-state index in [1.807, 2.05) is 0 Å². The Balaban J connectivity index is 2.16. The molecule has 0 saturated heterocycles. The predicted molar refractivity (Wildman–Crippen MR) is 55.6 cm³/mol. The van der Waals surface area contributed by atoms with E-state index in [1.165, 1.54) is 0 Å². The lowest BCUT2D eigenvalue weighted by Crippen LogP contribution is -2.43. The van der Waals surface area contributed by atoms with E-state index >= 15 is 0 Å². The molecule has 0 atom stereocenters. The highest BCUT2D eigenvalue weighted by atomic mass is 19.3. The van der Waals surface area contributed by atoms with Crippen molar-refractivity contribution in [3.63, 3.8) is 0 Å². The van der Waals surface area contributed by atoms with E-state index in [1.54, 1.807) is 30.8 Å². The first-order valence-electron chi connectivity index (χ1n) is 5.19. The maximum absolute atomic E-state index is 12.7. The van der Waals surface area contributed by atoms with E-state index in [0.717, 1.165) is 5.56 Å². The van der Waals surface area contributed by atoms with E-state index < -0.39 is 17.9 Å². The second-order valence-electron chi connectivity index (χ2n) is 4.37. The zero-order valence-corrected chi connectivity index (χ0v) is 9.26. The van der Waals surface area contributed by atoms with Crippen LogP contribution in [0.3, 0.4) is 0 Å². The number of alkyl halides is 2. The minimum absolute atomic E-state index is 0.361. The largest absolute Gasteiger partial charge is 0.346 e. The van der Waals surface area contributed by atoms with Gasteiger partial charge in [0.15, 0.2) is 0 Å². The second kappa shape index (κ2) is 3.57. The number of aromatic nitrogens is 1. The highest BCUT2D eigenvalue weighted by molar-refractivity contribution is 5.95. The number of nitrogens with one attached hydrogen (secondary N) is 1. The van der Waals surface area contributed by atoms with Crippen molar-refractivity contribution in [2.24, 2.45) is 7.05 Å². The summed E-state index contributed by atoms with van der Waals surface area (Å²) in [6, 6.07) is 1.79. The Bertz CT molecular complexity index is 402. The molecule has 0 bridgehead atoms. The average Bonchev–Trinajstić information content (AvgIpc) is 2.89. The summed E-state index contributed by atoms with van der Waals surface area (Å²) >= 11 is 0. The van der Waals surface area contributed by atoms with Crippen molar-refractivity contribution < 1.29 is 13.6 Å². The van der Waals surface area contributed by atoms with Crippen LogP contribution in [-0.2, 0) is 7.05 Å². The first-order chi connectivity index (χ1) is 7.46. The van der Waals surface area contributed by atoms with Gasteiger partial charge in [-0.2, -0.15) is 0 Å². The first-order valence-corrected chi connectivity index (χ1v) is 5.19. The minimum atomic E-state index is -2.49. The van der Waals surface area contributed by atoms with Crippen LogP contribution in [0.2, 0.25) is 0 Å². The standard InChI is InChI=1S/C11H14F2N2O/c1-7-3-6-15(2)8(7)9(16)14-11(4-5-11)10(12)13/h3,6,10H,4-5H2,1-2H3,(H,14,16). The molecule has 1 aromatic heterocycles. The van der Waals surface area contributed by atoms with Crippen LogP contribution in [0.4, 0.5) is 8.78 Å². The summed E-state index contributed by atoms with van der Waals surface area (Å²) in [5, 5.41) is 2.44. The average molecular weight is 228 g/mol. The van der Waals surface area contributed by atoms with E-state index in [4.69, 9.17) is 0 Å². The molecule has 1 aliphatic carbocycles.